The van der Waals surface area contributed by atoms with E-state index in [-0.39, 0.29) is 41.6 Å². The maximum atomic E-state index is 16.1. The molecule has 1 spiro atoms. The summed E-state index contributed by atoms with van der Waals surface area (Å²) < 4.78 is 43.9. The highest BCUT2D eigenvalue weighted by Crippen LogP contribution is 2.61. The Morgan fingerprint density at radius 3 is 2.77 bits per heavy atom. The number of aromatic nitrogens is 2. The van der Waals surface area contributed by atoms with E-state index in [1.54, 1.807) is 28.9 Å². The van der Waals surface area contributed by atoms with Crippen molar-refractivity contribution in [3.05, 3.63) is 86.9 Å². The predicted octanol–water partition coefficient (Wildman–Crippen LogP) is 6.14. The molecule has 1 N–H and O–H groups in total. The largest absolute Gasteiger partial charge is 0.476 e. The van der Waals surface area contributed by atoms with E-state index in [9.17, 15) is 14.0 Å². The number of nitrogens with zero attached hydrogens (tertiary/aromatic N) is 3. The fraction of sp³-hybridized carbons (Fsp3) is 0.344. The zero-order valence-electron chi connectivity index (χ0n) is 23.5. The molecular formula is C32H26Cl2F2N4O4. The number of hydrogen-bond donors (Lipinski definition) is 1. The Kier molecular flexibility index (Phi) is 6.25. The molecule has 8 rings (SSSR count). The Morgan fingerprint density at radius 2 is 2.00 bits per heavy atom. The molecule has 1 saturated heterocycles. The molecule has 8 nitrogen and oxygen atoms in total. The fourth-order valence-electron chi connectivity index (χ4n) is 7.64. The van der Waals surface area contributed by atoms with Gasteiger partial charge >= 0.3 is 5.97 Å². The number of ether oxygens (including phenoxy) is 2. The van der Waals surface area contributed by atoms with Gasteiger partial charge in [-0.2, -0.15) is 5.10 Å². The molecule has 3 aliphatic heterocycles. The van der Waals surface area contributed by atoms with E-state index in [1.807, 2.05) is 6.07 Å². The van der Waals surface area contributed by atoms with Crippen molar-refractivity contribution in [2.75, 3.05) is 25.6 Å². The van der Waals surface area contributed by atoms with E-state index < -0.39 is 29.1 Å². The van der Waals surface area contributed by atoms with Crippen LogP contribution in [0.2, 0.25) is 10.0 Å². The van der Waals surface area contributed by atoms with Gasteiger partial charge in [0.25, 0.3) is 0 Å². The Morgan fingerprint density at radius 1 is 1.18 bits per heavy atom. The van der Waals surface area contributed by atoms with Gasteiger partial charge in [0.15, 0.2) is 0 Å². The highest BCUT2D eigenvalue weighted by atomic mass is 35.5. The third-order valence-electron chi connectivity index (χ3n) is 9.64. The molecule has 2 fully saturated rings. The molecule has 1 amide bonds. The number of benzene rings is 3. The number of hydrogen-bond acceptors (Lipinski definition) is 6. The van der Waals surface area contributed by atoms with Gasteiger partial charge in [-0.05, 0) is 48.6 Å². The zero-order chi connectivity index (χ0) is 30.5. The standard InChI is InChI=1S/C32H26Cl2F2N4O4/c1-43-30(41)18-10-19-24(11-23(18)35)38-40-13-20-26(14-44-29(19)40)39(12-15-5-6-15)32(27(20)17-3-2-4-22(34)28(17)36)21-8-7-16(33)9-25(21)37-31(32)42/h2-4,7-11,15,20,26-27H,5-6,12-14H2,1H3,(H,37,42)/t20-,26+,27+,32-/m1/s1. The second-order valence-corrected chi connectivity index (χ2v) is 12.8. The second kappa shape index (κ2) is 9.89. The summed E-state index contributed by atoms with van der Waals surface area (Å²) in [6.07, 6.45) is 2.06. The molecule has 4 atom stereocenters. The third-order valence-corrected chi connectivity index (χ3v) is 10.2. The van der Waals surface area contributed by atoms with Crippen molar-refractivity contribution in [2.24, 2.45) is 11.8 Å². The number of amides is 1. The van der Waals surface area contributed by atoms with E-state index in [0.29, 0.717) is 45.5 Å². The summed E-state index contributed by atoms with van der Waals surface area (Å²) in [6, 6.07) is 12.4. The molecule has 3 aromatic carbocycles. The van der Waals surface area contributed by atoms with Gasteiger partial charge in [-0.25, -0.2) is 18.3 Å². The lowest BCUT2D eigenvalue weighted by atomic mass is 9.71. The molecule has 12 heteroatoms. The van der Waals surface area contributed by atoms with Crippen LogP contribution in [0.1, 0.15) is 40.2 Å². The average Bonchev–Trinajstić information content (AvgIpc) is 3.67. The third kappa shape index (κ3) is 3.87. The molecule has 4 heterocycles. The summed E-state index contributed by atoms with van der Waals surface area (Å²) in [5, 5.41) is 8.61. The van der Waals surface area contributed by atoms with Crippen LogP contribution in [-0.4, -0.2) is 52.9 Å². The zero-order valence-corrected chi connectivity index (χ0v) is 25.0. The van der Waals surface area contributed by atoms with Gasteiger partial charge in [-0.15, -0.1) is 0 Å². The molecular weight excluding hydrogens is 613 g/mol. The van der Waals surface area contributed by atoms with Gasteiger partial charge in [0.1, 0.15) is 23.8 Å². The summed E-state index contributed by atoms with van der Waals surface area (Å²) in [6.45, 7) is 0.999. The lowest BCUT2D eigenvalue weighted by Crippen LogP contribution is -2.53. The normalized spacial score (nSPS) is 25.8. The summed E-state index contributed by atoms with van der Waals surface area (Å²) in [5.41, 5.74) is 0.430. The minimum Gasteiger partial charge on any atom is -0.476 e. The molecule has 44 heavy (non-hydrogen) atoms. The van der Waals surface area contributed by atoms with Crippen LogP contribution >= 0.6 is 23.2 Å². The number of anilines is 1. The van der Waals surface area contributed by atoms with E-state index in [1.165, 1.54) is 25.3 Å². The Balaban J connectivity index is 1.35. The fourth-order valence-corrected chi connectivity index (χ4v) is 8.00. The molecule has 0 bridgehead atoms. The lowest BCUT2D eigenvalue weighted by molar-refractivity contribution is -0.128. The van der Waals surface area contributed by atoms with Crippen LogP contribution in [0, 0.1) is 23.5 Å². The van der Waals surface area contributed by atoms with Crippen molar-refractivity contribution < 1.29 is 27.8 Å². The minimum atomic E-state index is -1.28. The van der Waals surface area contributed by atoms with Crippen molar-refractivity contribution in [1.29, 1.82) is 0 Å². The van der Waals surface area contributed by atoms with Crippen LogP contribution in [0.15, 0.2) is 48.5 Å². The van der Waals surface area contributed by atoms with Crippen LogP contribution < -0.4 is 10.1 Å². The second-order valence-electron chi connectivity index (χ2n) is 12.0. The number of likely N-dealkylation sites (tertiary alicyclic amines) is 1. The van der Waals surface area contributed by atoms with E-state index in [0.717, 1.165) is 18.4 Å². The SMILES string of the molecule is COC(=O)c1cc2c3n(nc2cc1F)C[C@@H]1[C@H](CO3)N(CC2CC2)[C@@]2(C(=O)Nc3cc(Cl)ccc32)[C@H]1c1cccc(Cl)c1F. The van der Waals surface area contributed by atoms with E-state index >= 15 is 4.39 Å². The van der Waals surface area contributed by atoms with Gasteiger partial charge in [-0.3, -0.25) is 9.69 Å². The summed E-state index contributed by atoms with van der Waals surface area (Å²) in [7, 11) is 1.19. The van der Waals surface area contributed by atoms with Crippen LogP contribution in [0.5, 0.6) is 5.88 Å². The maximum Gasteiger partial charge on any atom is 0.340 e. The summed E-state index contributed by atoms with van der Waals surface area (Å²) in [4.78, 5) is 28.9. The van der Waals surface area contributed by atoms with Gasteiger partial charge in [0.2, 0.25) is 11.8 Å². The Hall–Kier alpha value is -3.73. The number of carbonyl (C=O) groups is 2. The molecule has 0 unspecified atom stereocenters. The van der Waals surface area contributed by atoms with Crippen molar-refractivity contribution in [3.8, 4) is 5.88 Å². The summed E-state index contributed by atoms with van der Waals surface area (Å²) >= 11 is 12.7. The molecule has 1 aliphatic carbocycles. The number of rotatable bonds is 4. The Bertz CT molecular complexity index is 1900. The quantitative estimate of drug-likeness (QED) is 0.270. The number of halogens is 4. The molecule has 226 valence electrons. The van der Waals surface area contributed by atoms with Crippen LogP contribution in [-0.2, 0) is 21.6 Å². The van der Waals surface area contributed by atoms with Gasteiger partial charge < -0.3 is 14.8 Å². The number of fused-ring (bicyclic) bond motifs is 6. The number of carbonyl (C=O) groups excluding carboxylic acids is 2. The van der Waals surface area contributed by atoms with Crippen molar-refractivity contribution in [1.82, 2.24) is 14.7 Å². The van der Waals surface area contributed by atoms with Crippen molar-refractivity contribution >= 4 is 51.7 Å². The molecule has 1 saturated carbocycles. The first kappa shape index (κ1) is 27.8. The Labute approximate surface area is 260 Å². The maximum absolute atomic E-state index is 16.1. The highest BCUT2D eigenvalue weighted by Gasteiger charge is 2.68. The number of methoxy groups -OCH3 is 1. The highest BCUT2D eigenvalue weighted by molar-refractivity contribution is 6.31. The van der Waals surface area contributed by atoms with Crippen LogP contribution in [0.3, 0.4) is 0 Å². The molecule has 0 radical (unpaired) electrons. The first-order chi connectivity index (χ1) is 21.2. The molecule has 4 aliphatic rings. The molecule has 4 aromatic rings. The van der Waals surface area contributed by atoms with Crippen LogP contribution in [0.4, 0.5) is 14.5 Å². The topological polar surface area (TPSA) is 85.7 Å². The van der Waals surface area contributed by atoms with Crippen molar-refractivity contribution in [2.45, 2.75) is 36.9 Å². The first-order valence-electron chi connectivity index (χ1n) is 14.5. The predicted molar refractivity (Wildman–Crippen MR) is 159 cm³/mol. The van der Waals surface area contributed by atoms with Crippen molar-refractivity contribution in [3.63, 3.8) is 0 Å². The van der Waals surface area contributed by atoms with Gasteiger partial charge in [0.05, 0.1) is 34.6 Å². The minimum absolute atomic E-state index is 0.0363. The van der Waals surface area contributed by atoms with Crippen LogP contribution in [0.25, 0.3) is 10.9 Å². The first-order valence-corrected chi connectivity index (χ1v) is 15.2. The lowest BCUT2D eigenvalue weighted by Gasteiger charge is -2.40. The number of esters is 1. The van der Waals surface area contributed by atoms with E-state index in [2.05, 4.69) is 15.3 Å². The van der Waals surface area contributed by atoms with Gasteiger partial charge in [0, 0.05) is 47.3 Å². The number of nitrogens with one attached hydrogen (secondary N) is 1. The summed E-state index contributed by atoms with van der Waals surface area (Å²) in [5.74, 6) is -2.74. The smallest absolute Gasteiger partial charge is 0.340 e. The monoisotopic (exact) mass is 638 g/mol. The average molecular weight is 639 g/mol. The van der Waals surface area contributed by atoms with E-state index in [4.69, 9.17) is 32.7 Å². The van der Waals surface area contributed by atoms with Gasteiger partial charge in [-0.1, -0.05) is 41.4 Å². The molecule has 1 aromatic heterocycles.